The number of sulfonamides is 1. The number of hydrogen-bond acceptors (Lipinski definition) is 5. The summed E-state index contributed by atoms with van der Waals surface area (Å²) in [5.41, 5.74) is 0.636. The van der Waals surface area contributed by atoms with Crippen molar-refractivity contribution in [2.45, 2.75) is 5.75 Å². The van der Waals surface area contributed by atoms with Crippen LogP contribution in [-0.2, 0) is 15.8 Å². The summed E-state index contributed by atoms with van der Waals surface area (Å²) in [4.78, 5) is 10.9. The quantitative estimate of drug-likeness (QED) is 0.878. The first-order valence-electron chi connectivity index (χ1n) is 5.71. The van der Waals surface area contributed by atoms with Crippen LogP contribution >= 0.6 is 11.3 Å². The zero-order valence-electron chi connectivity index (χ0n) is 10.6. The normalized spacial score (nSPS) is 10.8. The number of hydrogen-bond donors (Lipinski definition) is 2. The fraction of sp³-hybridized carbons (Fsp3) is 0.0769. The highest BCUT2D eigenvalue weighted by Gasteiger charge is 2.16. The van der Waals surface area contributed by atoms with Gasteiger partial charge in [-0.15, -0.1) is 11.3 Å². The number of nitrogens with zero attached hydrogens (tertiary/aromatic N) is 1. The predicted octanol–water partition coefficient (Wildman–Crippen LogP) is 2.26. The second kappa shape index (κ2) is 5.95. The summed E-state index contributed by atoms with van der Waals surface area (Å²) in [5.74, 6) is -1.48. The van der Waals surface area contributed by atoms with Crippen molar-refractivity contribution in [1.82, 2.24) is 0 Å². The first kappa shape index (κ1) is 15.0. The Morgan fingerprint density at radius 1 is 1.38 bits per heavy atom. The van der Waals surface area contributed by atoms with Gasteiger partial charge in [0.05, 0.1) is 16.9 Å². The van der Waals surface area contributed by atoms with Gasteiger partial charge in [0.2, 0.25) is 10.0 Å². The van der Waals surface area contributed by atoms with E-state index in [2.05, 4.69) is 4.72 Å². The van der Waals surface area contributed by atoms with Crippen molar-refractivity contribution in [3.63, 3.8) is 0 Å². The van der Waals surface area contributed by atoms with Crippen LogP contribution in [0.1, 0.15) is 21.5 Å². The Morgan fingerprint density at radius 3 is 2.81 bits per heavy atom. The molecule has 2 aromatic rings. The van der Waals surface area contributed by atoms with Gasteiger partial charge in [-0.1, -0.05) is 12.1 Å². The lowest BCUT2D eigenvalue weighted by Crippen LogP contribution is -2.15. The first-order valence-corrected chi connectivity index (χ1v) is 8.25. The van der Waals surface area contributed by atoms with Crippen LogP contribution < -0.4 is 4.72 Å². The maximum absolute atomic E-state index is 12.1. The molecule has 0 saturated carbocycles. The van der Waals surface area contributed by atoms with Crippen LogP contribution in [0.25, 0.3) is 0 Å². The van der Waals surface area contributed by atoms with Crippen molar-refractivity contribution in [2.24, 2.45) is 0 Å². The number of nitrogens with one attached hydrogen (secondary N) is 1. The maximum Gasteiger partial charge on any atom is 0.335 e. The molecule has 0 fully saturated rings. The SMILES string of the molecule is N#Cc1ccsc1NS(=O)(=O)Cc1cccc(C(=O)O)c1. The molecule has 108 valence electrons. The number of thiophene rings is 1. The largest absolute Gasteiger partial charge is 0.478 e. The summed E-state index contributed by atoms with van der Waals surface area (Å²) in [5, 5.41) is 19.6. The molecule has 0 aliphatic carbocycles. The molecular weight excluding hydrogens is 312 g/mol. The molecule has 0 spiro atoms. The van der Waals surface area contributed by atoms with Crippen LogP contribution in [-0.4, -0.2) is 19.5 Å². The summed E-state index contributed by atoms with van der Waals surface area (Å²) in [6, 6.07) is 9.13. The minimum atomic E-state index is -3.72. The van der Waals surface area contributed by atoms with E-state index < -0.39 is 16.0 Å². The maximum atomic E-state index is 12.1. The molecular formula is C13H10N2O4S2. The van der Waals surface area contributed by atoms with E-state index in [-0.39, 0.29) is 21.9 Å². The van der Waals surface area contributed by atoms with Gasteiger partial charge in [0, 0.05) is 0 Å². The highest BCUT2D eigenvalue weighted by molar-refractivity contribution is 7.92. The highest BCUT2D eigenvalue weighted by atomic mass is 32.2. The molecule has 0 bridgehead atoms. The molecule has 1 aromatic carbocycles. The smallest absolute Gasteiger partial charge is 0.335 e. The van der Waals surface area contributed by atoms with Crippen LogP contribution in [0.5, 0.6) is 0 Å². The summed E-state index contributed by atoms with van der Waals surface area (Å²) in [6.45, 7) is 0. The third-order valence-electron chi connectivity index (χ3n) is 2.56. The van der Waals surface area contributed by atoms with E-state index in [1.165, 1.54) is 30.3 Å². The summed E-state index contributed by atoms with van der Waals surface area (Å²) in [7, 11) is -3.72. The number of carboxylic acids is 1. The number of nitriles is 1. The van der Waals surface area contributed by atoms with Gasteiger partial charge in [0.1, 0.15) is 11.1 Å². The number of carboxylic acid groups (broad SMARTS) is 1. The van der Waals surface area contributed by atoms with E-state index in [1.807, 2.05) is 6.07 Å². The highest BCUT2D eigenvalue weighted by Crippen LogP contribution is 2.24. The van der Waals surface area contributed by atoms with Crippen molar-refractivity contribution in [3.05, 3.63) is 52.4 Å². The molecule has 0 saturated heterocycles. The van der Waals surface area contributed by atoms with Crippen molar-refractivity contribution in [3.8, 4) is 6.07 Å². The minimum absolute atomic E-state index is 0.0246. The van der Waals surface area contributed by atoms with E-state index >= 15 is 0 Å². The summed E-state index contributed by atoms with van der Waals surface area (Å²) >= 11 is 1.11. The lowest BCUT2D eigenvalue weighted by atomic mass is 10.1. The Hall–Kier alpha value is -2.37. The molecule has 0 unspecified atom stereocenters. The average Bonchev–Trinajstić information content (AvgIpc) is 2.84. The third-order valence-corrected chi connectivity index (χ3v) is 4.75. The van der Waals surface area contributed by atoms with Crippen LogP contribution in [0.15, 0.2) is 35.7 Å². The lowest BCUT2D eigenvalue weighted by molar-refractivity contribution is 0.0696. The van der Waals surface area contributed by atoms with E-state index in [0.717, 1.165) is 11.3 Å². The molecule has 21 heavy (non-hydrogen) atoms. The van der Waals surface area contributed by atoms with E-state index in [1.54, 1.807) is 5.38 Å². The van der Waals surface area contributed by atoms with Gasteiger partial charge in [-0.3, -0.25) is 4.72 Å². The lowest BCUT2D eigenvalue weighted by Gasteiger charge is -2.07. The van der Waals surface area contributed by atoms with Crippen LogP contribution in [0, 0.1) is 11.3 Å². The number of carbonyl (C=O) groups is 1. The molecule has 6 nitrogen and oxygen atoms in total. The van der Waals surface area contributed by atoms with Crippen molar-refractivity contribution >= 4 is 32.3 Å². The third kappa shape index (κ3) is 3.81. The molecule has 0 amide bonds. The monoisotopic (exact) mass is 322 g/mol. The summed E-state index contributed by atoms with van der Waals surface area (Å²) < 4.78 is 26.4. The molecule has 2 rings (SSSR count). The Balaban J connectivity index is 2.20. The summed E-state index contributed by atoms with van der Waals surface area (Å²) in [6.07, 6.45) is 0. The van der Waals surface area contributed by atoms with Crippen LogP contribution in [0.3, 0.4) is 0 Å². The second-order valence-electron chi connectivity index (χ2n) is 4.14. The van der Waals surface area contributed by atoms with Gasteiger partial charge in [-0.2, -0.15) is 5.26 Å². The van der Waals surface area contributed by atoms with Crippen molar-refractivity contribution < 1.29 is 18.3 Å². The number of anilines is 1. The molecule has 0 aliphatic heterocycles. The number of rotatable bonds is 5. The van der Waals surface area contributed by atoms with Crippen LogP contribution in [0.2, 0.25) is 0 Å². The Bertz CT molecular complexity index is 819. The van der Waals surface area contributed by atoms with Gasteiger partial charge in [-0.25, -0.2) is 13.2 Å². The fourth-order valence-corrected chi connectivity index (χ4v) is 3.90. The molecule has 2 N–H and O–H groups in total. The van der Waals surface area contributed by atoms with Crippen molar-refractivity contribution in [2.75, 3.05) is 4.72 Å². The molecule has 0 radical (unpaired) electrons. The molecule has 1 heterocycles. The van der Waals surface area contributed by atoms with E-state index in [9.17, 15) is 13.2 Å². The molecule has 0 atom stereocenters. The first-order chi connectivity index (χ1) is 9.91. The van der Waals surface area contributed by atoms with Gasteiger partial charge in [0.15, 0.2) is 0 Å². The fourth-order valence-electron chi connectivity index (χ4n) is 1.67. The average molecular weight is 322 g/mol. The van der Waals surface area contributed by atoms with Crippen molar-refractivity contribution in [1.29, 1.82) is 5.26 Å². The van der Waals surface area contributed by atoms with Gasteiger partial charge in [-0.05, 0) is 29.1 Å². The number of benzene rings is 1. The zero-order valence-corrected chi connectivity index (χ0v) is 12.2. The second-order valence-corrected chi connectivity index (χ2v) is 6.78. The molecule has 8 heteroatoms. The van der Waals surface area contributed by atoms with Crippen LogP contribution in [0.4, 0.5) is 5.00 Å². The molecule has 0 aliphatic rings. The van der Waals surface area contributed by atoms with Gasteiger partial charge >= 0.3 is 5.97 Å². The Morgan fingerprint density at radius 2 is 2.14 bits per heavy atom. The topological polar surface area (TPSA) is 107 Å². The molecule has 1 aromatic heterocycles. The number of aromatic carboxylic acids is 1. The standard InChI is InChI=1S/C13H10N2O4S2/c14-7-11-4-5-20-12(11)15-21(18,19)8-9-2-1-3-10(6-9)13(16)17/h1-6,15H,8H2,(H,16,17). The Labute approximate surface area is 125 Å². The minimum Gasteiger partial charge on any atom is -0.478 e. The van der Waals surface area contributed by atoms with E-state index in [4.69, 9.17) is 10.4 Å². The van der Waals surface area contributed by atoms with Gasteiger partial charge in [0.25, 0.3) is 0 Å². The zero-order chi connectivity index (χ0) is 15.5. The van der Waals surface area contributed by atoms with E-state index in [0.29, 0.717) is 5.56 Å². The predicted molar refractivity (Wildman–Crippen MR) is 78.7 cm³/mol. The Kier molecular flexibility index (Phi) is 4.26. The van der Waals surface area contributed by atoms with Gasteiger partial charge < -0.3 is 5.11 Å².